The summed E-state index contributed by atoms with van der Waals surface area (Å²) in [6, 6.07) is 7.85. The Balaban J connectivity index is 1.29. The second-order valence-corrected chi connectivity index (χ2v) is 8.18. The van der Waals surface area contributed by atoms with Crippen molar-refractivity contribution >= 4 is 22.6 Å². The SMILES string of the molecule is CC1CCCN(C(=O)CN2CCN(Cc3nc(N)c4ccccc4n3)CC2)C1. The van der Waals surface area contributed by atoms with Crippen LogP contribution in [0.1, 0.15) is 25.6 Å². The van der Waals surface area contributed by atoms with Crippen LogP contribution in [0.25, 0.3) is 10.9 Å². The highest BCUT2D eigenvalue weighted by atomic mass is 16.2. The monoisotopic (exact) mass is 382 g/mol. The molecule has 0 radical (unpaired) electrons. The highest BCUT2D eigenvalue weighted by molar-refractivity contribution is 5.87. The van der Waals surface area contributed by atoms with Crippen LogP contribution in [0, 0.1) is 5.92 Å². The van der Waals surface area contributed by atoms with Crippen LogP contribution < -0.4 is 5.73 Å². The number of piperazine rings is 1. The van der Waals surface area contributed by atoms with E-state index in [1.54, 1.807) is 0 Å². The number of nitrogens with zero attached hydrogens (tertiary/aromatic N) is 5. The Hall–Kier alpha value is -2.25. The van der Waals surface area contributed by atoms with Crippen molar-refractivity contribution in [1.29, 1.82) is 0 Å². The van der Waals surface area contributed by atoms with E-state index in [4.69, 9.17) is 5.73 Å². The molecule has 2 aliphatic heterocycles. The smallest absolute Gasteiger partial charge is 0.236 e. The average molecular weight is 383 g/mol. The summed E-state index contributed by atoms with van der Waals surface area (Å²) >= 11 is 0. The second kappa shape index (κ2) is 8.41. The van der Waals surface area contributed by atoms with Crippen LogP contribution in [0.3, 0.4) is 0 Å². The quantitative estimate of drug-likeness (QED) is 0.865. The Labute approximate surface area is 166 Å². The molecule has 7 heteroatoms. The predicted molar refractivity (Wildman–Crippen MR) is 111 cm³/mol. The molecule has 0 saturated carbocycles. The van der Waals surface area contributed by atoms with E-state index in [0.29, 0.717) is 24.8 Å². The number of nitrogen functional groups attached to an aromatic ring is 1. The molecule has 2 aromatic rings. The zero-order valence-electron chi connectivity index (χ0n) is 16.7. The first kappa shape index (κ1) is 19.1. The molecule has 2 fully saturated rings. The van der Waals surface area contributed by atoms with Crippen LogP contribution in [-0.2, 0) is 11.3 Å². The van der Waals surface area contributed by atoms with E-state index >= 15 is 0 Å². The summed E-state index contributed by atoms with van der Waals surface area (Å²) < 4.78 is 0. The largest absolute Gasteiger partial charge is 0.383 e. The summed E-state index contributed by atoms with van der Waals surface area (Å²) in [7, 11) is 0. The van der Waals surface area contributed by atoms with E-state index in [1.165, 1.54) is 6.42 Å². The number of hydrogen-bond acceptors (Lipinski definition) is 6. The number of fused-ring (bicyclic) bond motifs is 1. The summed E-state index contributed by atoms with van der Waals surface area (Å²) in [5.41, 5.74) is 6.99. The van der Waals surface area contributed by atoms with Crippen LogP contribution in [-0.4, -0.2) is 76.4 Å². The lowest BCUT2D eigenvalue weighted by Crippen LogP contribution is -2.51. The molecule has 0 bridgehead atoms. The molecule has 7 nitrogen and oxygen atoms in total. The Bertz CT molecular complexity index is 833. The van der Waals surface area contributed by atoms with E-state index in [0.717, 1.165) is 62.4 Å². The van der Waals surface area contributed by atoms with Gasteiger partial charge in [-0.15, -0.1) is 0 Å². The molecule has 2 N–H and O–H groups in total. The van der Waals surface area contributed by atoms with Gasteiger partial charge in [0.05, 0.1) is 18.6 Å². The average Bonchev–Trinajstić information content (AvgIpc) is 2.69. The summed E-state index contributed by atoms with van der Waals surface area (Å²) in [6.07, 6.45) is 2.37. The third-order valence-corrected chi connectivity index (χ3v) is 5.88. The van der Waals surface area contributed by atoms with Gasteiger partial charge < -0.3 is 10.6 Å². The number of para-hydroxylation sites is 1. The number of carbonyl (C=O) groups excluding carboxylic acids is 1. The highest BCUT2D eigenvalue weighted by Crippen LogP contribution is 2.18. The number of piperidine rings is 1. The molecular formula is C21H30N6O. The van der Waals surface area contributed by atoms with Crippen LogP contribution in [0.4, 0.5) is 5.82 Å². The number of likely N-dealkylation sites (tertiary alicyclic amines) is 1. The van der Waals surface area contributed by atoms with E-state index in [2.05, 4.69) is 26.7 Å². The van der Waals surface area contributed by atoms with Gasteiger partial charge in [0.25, 0.3) is 0 Å². The standard InChI is InChI=1S/C21H30N6O/c1-16-5-4-8-27(13-16)20(28)15-26-11-9-25(10-12-26)14-19-23-18-7-3-2-6-17(18)21(22)24-19/h2-3,6-7,16H,4-5,8-15H2,1H3,(H2,22,23,24). The maximum Gasteiger partial charge on any atom is 0.236 e. The number of carbonyl (C=O) groups is 1. The molecule has 28 heavy (non-hydrogen) atoms. The van der Waals surface area contributed by atoms with Crippen molar-refractivity contribution in [3.8, 4) is 0 Å². The van der Waals surface area contributed by atoms with Gasteiger partial charge >= 0.3 is 0 Å². The lowest BCUT2D eigenvalue weighted by molar-refractivity contribution is -0.134. The number of anilines is 1. The molecule has 0 aliphatic carbocycles. The van der Waals surface area contributed by atoms with Gasteiger partial charge in [0.1, 0.15) is 11.6 Å². The van der Waals surface area contributed by atoms with Gasteiger partial charge in [0.2, 0.25) is 5.91 Å². The van der Waals surface area contributed by atoms with E-state index < -0.39 is 0 Å². The van der Waals surface area contributed by atoms with E-state index in [9.17, 15) is 4.79 Å². The van der Waals surface area contributed by atoms with Gasteiger partial charge in [0, 0.05) is 44.7 Å². The third kappa shape index (κ3) is 4.42. The number of nitrogens with two attached hydrogens (primary N) is 1. The third-order valence-electron chi connectivity index (χ3n) is 5.88. The molecule has 2 saturated heterocycles. The summed E-state index contributed by atoms with van der Waals surface area (Å²) in [5.74, 6) is 2.22. The molecule has 1 unspecified atom stereocenters. The highest BCUT2D eigenvalue weighted by Gasteiger charge is 2.25. The minimum Gasteiger partial charge on any atom is -0.383 e. The van der Waals surface area contributed by atoms with Crippen LogP contribution in [0.15, 0.2) is 24.3 Å². The first-order chi connectivity index (χ1) is 13.6. The maximum absolute atomic E-state index is 12.6. The van der Waals surface area contributed by atoms with Gasteiger partial charge in [-0.05, 0) is 30.9 Å². The van der Waals surface area contributed by atoms with Gasteiger partial charge in [-0.25, -0.2) is 9.97 Å². The van der Waals surface area contributed by atoms with Crippen molar-refractivity contribution in [3.05, 3.63) is 30.1 Å². The lowest BCUT2D eigenvalue weighted by atomic mass is 10.0. The fourth-order valence-electron chi connectivity index (χ4n) is 4.23. The van der Waals surface area contributed by atoms with E-state index in [-0.39, 0.29) is 5.91 Å². The number of rotatable bonds is 4. The molecule has 2 aliphatic rings. The van der Waals surface area contributed by atoms with Crippen molar-refractivity contribution < 1.29 is 4.79 Å². The Morgan fingerprint density at radius 3 is 2.64 bits per heavy atom. The Kier molecular flexibility index (Phi) is 5.73. The number of amides is 1. The summed E-state index contributed by atoms with van der Waals surface area (Å²) in [4.78, 5) is 28.4. The van der Waals surface area contributed by atoms with Crippen molar-refractivity contribution in [2.24, 2.45) is 5.92 Å². The molecule has 150 valence electrons. The Morgan fingerprint density at radius 2 is 1.86 bits per heavy atom. The Morgan fingerprint density at radius 1 is 1.11 bits per heavy atom. The number of aromatic nitrogens is 2. The summed E-state index contributed by atoms with van der Waals surface area (Å²) in [5, 5.41) is 0.904. The second-order valence-electron chi connectivity index (χ2n) is 8.18. The topological polar surface area (TPSA) is 78.6 Å². The van der Waals surface area contributed by atoms with Gasteiger partial charge in [0.15, 0.2) is 0 Å². The molecule has 1 aromatic carbocycles. The van der Waals surface area contributed by atoms with Crippen LogP contribution >= 0.6 is 0 Å². The fraction of sp³-hybridized carbons (Fsp3) is 0.571. The van der Waals surface area contributed by atoms with Crippen LogP contribution in [0.5, 0.6) is 0 Å². The molecule has 0 spiro atoms. The molecule has 3 heterocycles. The zero-order valence-corrected chi connectivity index (χ0v) is 16.7. The minimum atomic E-state index is 0.283. The molecule has 1 amide bonds. The normalized spacial score (nSPS) is 21.9. The van der Waals surface area contributed by atoms with Crippen LogP contribution in [0.2, 0.25) is 0 Å². The van der Waals surface area contributed by atoms with Gasteiger partial charge in [-0.2, -0.15) is 0 Å². The zero-order chi connectivity index (χ0) is 19.5. The van der Waals surface area contributed by atoms with Gasteiger partial charge in [-0.3, -0.25) is 14.6 Å². The van der Waals surface area contributed by atoms with Gasteiger partial charge in [-0.1, -0.05) is 19.1 Å². The van der Waals surface area contributed by atoms with Crippen molar-refractivity contribution in [1.82, 2.24) is 24.7 Å². The molecular weight excluding hydrogens is 352 g/mol. The number of hydrogen-bond donors (Lipinski definition) is 1. The first-order valence-corrected chi connectivity index (χ1v) is 10.3. The van der Waals surface area contributed by atoms with Crippen molar-refractivity contribution in [3.63, 3.8) is 0 Å². The molecule has 1 atom stereocenters. The molecule has 1 aromatic heterocycles. The summed E-state index contributed by atoms with van der Waals surface area (Å²) in [6.45, 7) is 8.94. The van der Waals surface area contributed by atoms with E-state index in [1.807, 2.05) is 29.2 Å². The lowest BCUT2D eigenvalue weighted by Gasteiger charge is -2.36. The maximum atomic E-state index is 12.6. The predicted octanol–water partition coefficient (Wildman–Crippen LogP) is 1.59. The first-order valence-electron chi connectivity index (χ1n) is 10.3. The minimum absolute atomic E-state index is 0.283. The fourth-order valence-corrected chi connectivity index (χ4v) is 4.23. The van der Waals surface area contributed by atoms with Crippen molar-refractivity contribution in [2.75, 3.05) is 51.5 Å². The molecule has 4 rings (SSSR count). The van der Waals surface area contributed by atoms with Crippen molar-refractivity contribution in [2.45, 2.75) is 26.3 Å². The number of benzene rings is 1.